The van der Waals surface area contributed by atoms with E-state index in [-0.39, 0.29) is 11.4 Å². The molecule has 0 unspecified atom stereocenters. The molecule has 0 spiro atoms. The first-order valence-corrected chi connectivity index (χ1v) is 9.16. The molecule has 2 N–H and O–H groups in total. The Hall–Kier alpha value is -3.14. The summed E-state index contributed by atoms with van der Waals surface area (Å²) in [5.41, 5.74) is 8.57. The topological polar surface area (TPSA) is 90.4 Å². The average Bonchev–Trinajstić information content (AvgIpc) is 2.71. The Bertz CT molecular complexity index is 1130. The van der Waals surface area contributed by atoms with E-state index in [1.165, 1.54) is 21.3 Å². The predicted molar refractivity (Wildman–Crippen MR) is 114 cm³/mol. The standard InChI is InChI=1S/C21H17Cl2N3O3/c1-27-18-7-6-12(19(28-2)20(18)29-3)14-9-17(26-21(25)15(14)10-24)13-5-4-11(22)8-16(13)23/h4-9H,1-3H3,(H2,25,26). The van der Waals surface area contributed by atoms with Crippen LogP contribution in [0, 0.1) is 11.3 Å². The zero-order valence-electron chi connectivity index (χ0n) is 15.9. The number of nitriles is 1. The van der Waals surface area contributed by atoms with E-state index in [0.29, 0.717) is 49.7 Å². The van der Waals surface area contributed by atoms with Gasteiger partial charge < -0.3 is 19.9 Å². The van der Waals surface area contributed by atoms with E-state index in [1.807, 2.05) is 0 Å². The molecule has 0 saturated heterocycles. The smallest absolute Gasteiger partial charge is 0.203 e. The molecule has 0 atom stereocenters. The van der Waals surface area contributed by atoms with E-state index in [4.69, 9.17) is 43.1 Å². The Morgan fingerprint density at radius 2 is 1.59 bits per heavy atom. The second kappa shape index (κ2) is 8.48. The SMILES string of the molecule is COc1ccc(-c2cc(-c3ccc(Cl)cc3Cl)nc(N)c2C#N)c(OC)c1OC. The zero-order valence-corrected chi connectivity index (χ0v) is 17.4. The van der Waals surface area contributed by atoms with Gasteiger partial charge in [-0.1, -0.05) is 23.2 Å². The highest BCUT2D eigenvalue weighted by Crippen LogP contribution is 2.46. The second-order valence-electron chi connectivity index (χ2n) is 5.93. The molecule has 3 aromatic rings. The maximum Gasteiger partial charge on any atom is 0.203 e. The number of methoxy groups -OCH3 is 3. The summed E-state index contributed by atoms with van der Waals surface area (Å²) >= 11 is 12.3. The summed E-state index contributed by atoms with van der Waals surface area (Å²) in [6.07, 6.45) is 0. The molecule has 2 aromatic carbocycles. The zero-order chi connectivity index (χ0) is 21.1. The number of hydrogen-bond donors (Lipinski definition) is 1. The van der Waals surface area contributed by atoms with Gasteiger partial charge in [0.25, 0.3) is 0 Å². The van der Waals surface area contributed by atoms with Crippen molar-refractivity contribution in [2.45, 2.75) is 0 Å². The number of aromatic nitrogens is 1. The first kappa shape index (κ1) is 20.6. The quantitative estimate of drug-likeness (QED) is 0.598. The van der Waals surface area contributed by atoms with Crippen LogP contribution in [-0.2, 0) is 0 Å². The average molecular weight is 430 g/mol. The minimum atomic E-state index is 0.0721. The molecule has 0 aliphatic heterocycles. The lowest BCUT2D eigenvalue weighted by atomic mass is 9.97. The molecule has 0 bridgehead atoms. The van der Waals surface area contributed by atoms with Crippen LogP contribution in [-0.4, -0.2) is 26.3 Å². The van der Waals surface area contributed by atoms with Gasteiger partial charge in [0.2, 0.25) is 5.75 Å². The van der Waals surface area contributed by atoms with E-state index in [1.54, 1.807) is 36.4 Å². The largest absolute Gasteiger partial charge is 0.493 e. The van der Waals surface area contributed by atoms with Crippen LogP contribution in [0.25, 0.3) is 22.4 Å². The van der Waals surface area contributed by atoms with Crippen LogP contribution in [0.5, 0.6) is 17.2 Å². The predicted octanol–water partition coefficient (Wildman–Crippen LogP) is 5.20. The molecule has 1 aromatic heterocycles. The Morgan fingerprint density at radius 3 is 2.17 bits per heavy atom. The molecule has 0 aliphatic rings. The van der Waals surface area contributed by atoms with E-state index < -0.39 is 0 Å². The molecule has 0 amide bonds. The molecule has 1 heterocycles. The van der Waals surface area contributed by atoms with Crippen molar-refractivity contribution in [3.05, 3.63) is 52.0 Å². The number of nitrogens with two attached hydrogens (primary N) is 1. The Balaban J connectivity index is 2.33. The van der Waals surface area contributed by atoms with Gasteiger partial charge in [0, 0.05) is 21.7 Å². The van der Waals surface area contributed by atoms with Crippen LogP contribution in [0.15, 0.2) is 36.4 Å². The maximum atomic E-state index is 9.69. The monoisotopic (exact) mass is 429 g/mol. The first-order chi connectivity index (χ1) is 13.9. The number of benzene rings is 2. The van der Waals surface area contributed by atoms with Crippen molar-refractivity contribution in [1.82, 2.24) is 4.98 Å². The lowest BCUT2D eigenvalue weighted by Crippen LogP contribution is -2.02. The van der Waals surface area contributed by atoms with Crippen LogP contribution in [0.3, 0.4) is 0 Å². The highest BCUT2D eigenvalue weighted by Gasteiger charge is 2.22. The fraction of sp³-hybridized carbons (Fsp3) is 0.143. The third kappa shape index (κ3) is 3.75. The van der Waals surface area contributed by atoms with Gasteiger partial charge >= 0.3 is 0 Å². The van der Waals surface area contributed by atoms with E-state index >= 15 is 0 Å². The van der Waals surface area contributed by atoms with Gasteiger partial charge in [-0.25, -0.2) is 4.98 Å². The Labute approximate surface area is 178 Å². The first-order valence-electron chi connectivity index (χ1n) is 8.40. The van der Waals surface area contributed by atoms with Crippen molar-refractivity contribution in [3.8, 4) is 45.7 Å². The molecule has 0 saturated carbocycles. The van der Waals surface area contributed by atoms with E-state index in [0.717, 1.165) is 0 Å². The van der Waals surface area contributed by atoms with Crippen molar-refractivity contribution in [3.63, 3.8) is 0 Å². The summed E-state index contributed by atoms with van der Waals surface area (Å²) in [4.78, 5) is 4.35. The summed E-state index contributed by atoms with van der Waals surface area (Å²) in [5.74, 6) is 1.37. The lowest BCUT2D eigenvalue weighted by Gasteiger charge is -2.17. The lowest BCUT2D eigenvalue weighted by molar-refractivity contribution is 0.325. The van der Waals surface area contributed by atoms with Gasteiger partial charge in [0.1, 0.15) is 17.5 Å². The Morgan fingerprint density at radius 1 is 0.897 bits per heavy atom. The number of anilines is 1. The van der Waals surface area contributed by atoms with Gasteiger partial charge in [-0.3, -0.25) is 0 Å². The molecule has 3 rings (SSSR count). The maximum absolute atomic E-state index is 9.69. The molecular weight excluding hydrogens is 413 g/mol. The molecule has 0 radical (unpaired) electrons. The summed E-state index contributed by atoms with van der Waals surface area (Å²) < 4.78 is 16.4. The van der Waals surface area contributed by atoms with Crippen molar-refractivity contribution in [1.29, 1.82) is 5.26 Å². The van der Waals surface area contributed by atoms with Crippen molar-refractivity contribution in [2.75, 3.05) is 27.1 Å². The van der Waals surface area contributed by atoms with Crippen molar-refractivity contribution >= 4 is 29.0 Å². The second-order valence-corrected chi connectivity index (χ2v) is 6.78. The van der Waals surface area contributed by atoms with Gasteiger partial charge in [-0.2, -0.15) is 5.26 Å². The van der Waals surface area contributed by atoms with E-state index in [2.05, 4.69) is 11.1 Å². The van der Waals surface area contributed by atoms with Gasteiger partial charge in [-0.05, 0) is 36.4 Å². The van der Waals surface area contributed by atoms with Crippen LogP contribution in [0.1, 0.15) is 5.56 Å². The number of nitrogens with zero attached hydrogens (tertiary/aromatic N) is 2. The number of rotatable bonds is 5. The summed E-state index contributed by atoms with van der Waals surface area (Å²) in [6, 6.07) is 12.4. The Kier molecular flexibility index (Phi) is 6.02. The van der Waals surface area contributed by atoms with Crippen molar-refractivity contribution in [2.24, 2.45) is 0 Å². The minimum absolute atomic E-state index is 0.0721. The van der Waals surface area contributed by atoms with Gasteiger partial charge in [0.15, 0.2) is 11.5 Å². The van der Waals surface area contributed by atoms with E-state index in [9.17, 15) is 5.26 Å². The fourth-order valence-electron chi connectivity index (χ4n) is 3.04. The number of ether oxygens (including phenoxy) is 3. The molecular formula is C21H17Cl2N3O3. The molecule has 0 aliphatic carbocycles. The van der Waals surface area contributed by atoms with Crippen LogP contribution in [0.2, 0.25) is 10.0 Å². The van der Waals surface area contributed by atoms with Crippen molar-refractivity contribution < 1.29 is 14.2 Å². The third-order valence-corrected chi connectivity index (χ3v) is 4.91. The number of halogens is 2. The highest BCUT2D eigenvalue weighted by atomic mass is 35.5. The molecule has 6 nitrogen and oxygen atoms in total. The molecule has 29 heavy (non-hydrogen) atoms. The third-order valence-electron chi connectivity index (χ3n) is 4.36. The van der Waals surface area contributed by atoms with Gasteiger partial charge in [0.05, 0.1) is 32.0 Å². The normalized spacial score (nSPS) is 10.3. The molecule has 0 fully saturated rings. The fourth-order valence-corrected chi connectivity index (χ4v) is 3.55. The number of hydrogen-bond acceptors (Lipinski definition) is 6. The highest BCUT2D eigenvalue weighted by molar-refractivity contribution is 6.36. The summed E-state index contributed by atoms with van der Waals surface area (Å²) in [7, 11) is 4.55. The molecule has 8 heteroatoms. The van der Waals surface area contributed by atoms with Crippen LogP contribution < -0.4 is 19.9 Å². The summed E-state index contributed by atoms with van der Waals surface area (Å²) in [5, 5.41) is 10.6. The summed E-state index contributed by atoms with van der Waals surface area (Å²) in [6.45, 7) is 0. The number of nitrogen functional groups attached to an aromatic ring is 1. The molecule has 148 valence electrons. The number of pyridine rings is 1. The minimum Gasteiger partial charge on any atom is -0.493 e. The van der Waals surface area contributed by atoms with Gasteiger partial charge in [-0.15, -0.1) is 0 Å². The van der Waals surface area contributed by atoms with Crippen LogP contribution >= 0.6 is 23.2 Å². The van der Waals surface area contributed by atoms with Crippen LogP contribution in [0.4, 0.5) is 5.82 Å².